The van der Waals surface area contributed by atoms with Crippen LogP contribution in [0.3, 0.4) is 0 Å². The Morgan fingerprint density at radius 2 is 2.07 bits per heavy atom. The van der Waals surface area contributed by atoms with Crippen LogP contribution >= 0.6 is 0 Å². The zero-order valence-electron chi connectivity index (χ0n) is 16.8. The fourth-order valence-corrected chi connectivity index (χ4v) is 2.69. The molecule has 1 aromatic carbocycles. The Balaban J connectivity index is 1.90. The van der Waals surface area contributed by atoms with E-state index in [9.17, 15) is 0 Å². The zero-order valence-corrected chi connectivity index (χ0v) is 16.8. The summed E-state index contributed by atoms with van der Waals surface area (Å²) in [6.45, 7) is 9.17. The Bertz CT molecular complexity index is 727. The van der Waals surface area contributed by atoms with E-state index in [1.54, 1.807) is 7.11 Å². The molecule has 0 aliphatic rings. The van der Waals surface area contributed by atoms with Crippen LogP contribution in [0.1, 0.15) is 32.5 Å². The molecule has 2 N–H and O–H groups in total. The van der Waals surface area contributed by atoms with Gasteiger partial charge in [-0.2, -0.15) is 0 Å². The second-order valence-corrected chi connectivity index (χ2v) is 6.06. The highest BCUT2D eigenvalue weighted by atomic mass is 16.5. The van der Waals surface area contributed by atoms with Gasteiger partial charge in [0.2, 0.25) is 0 Å². The van der Waals surface area contributed by atoms with Gasteiger partial charge in [0.1, 0.15) is 5.82 Å². The minimum Gasteiger partial charge on any atom is -0.493 e. The number of methoxy groups -OCH3 is 1. The lowest BCUT2D eigenvalue weighted by atomic mass is 10.2. The Morgan fingerprint density at radius 3 is 2.74 bits per heavy atom. The van der Waals surface area contributed by atoms with E-state index in [2.05, 4.69) is 32.1 Å². The minimum atomic E-state index is 0.603. The van der Waals surface area contributed by atoms with E-state index >= 15 is 0 Å². The number of aryl methyl sites for hydroxylation is 2. The summed E-state index contributed by atoms with van der Waals surface area (Å²) in [7, 11) is 1.64. The summed E-state index contributed by atoms with van der Waals surface area (Å²) < 4.78 is 13.1. The molecule has 0 saturated heterocycles. The smallest absolute Gasteiger partial charge is 0.195 e. The third-order valence-electron chi connectivity index (χ3n) is 4.07. The van der Waals surface area contributed by atoms with Gasteiger partial charge in [-0.25, -0.2) is 4.98 Å². The number of unbranched alkanes of at least 4 members (excludes halogenated alkanes) is 1. The van der Waals surface area contributed by atoms with Gasteiger partial charge in [0, 0.05) is 43.8 Å². The van der Waals surface area contributed by atoms with E-state index in [0.29, 0.717) is 12.4 Å². The highest BCUT2D eigenvalue weighted by Gasteiger charge is 2.07. The number of hydrogen-bond acceptors (Lipinski definition) is 4. The Hall–Kier alpha value is -2.70. The monoisotopic (exact) mass is 373 g/mol. The van der Waals surface area contributed by atoms with Gasteiger partial charge in [-0.3, -0.25) is 4.99 Å². The van der Waals surface area contributed by atoms with Crippen LogP contribution in [0.2, 0.25) is 0 Å². The lowest BCUT2D eigenvalue weighted by Crippen LogP contribution is -2.30. The first kappa shape index (κ1) is 20.6. The number of anilines is 1. The molecule has 1 aromatic heterocycles. The van der Waals surface area contributed by atoms with Crippen molar-refractivity contribution in [2.24, 2.45) is 4.99 Å². The number of guanidine groups is 1. The van der Waals surface area contributed by atoms with E-state index in [-0.39, 0.29) is 0 Å². The van der Waals surface area contributed by atoms with Gasteiger partial charge in [0.25, 0.3) is 0 Å². The maximum atomic E-state index is 5.56. The number of nitrogens with zero attached hydrogens (tertiary/aromatic N) is 3. The molecule has 0 saturated carbocycles. The van der Waals surface area contributed by atoms with Crippen LogP contribution < -0.4 is 20.1 Å². The normalized spacial score (nSPS) is 11.3. The molecule has 27 heavy (non-hydrogen) atoms. The predicted octanol–water partition coefficient (Wildman–Crippen LogP) is 3.46. The van der Waals surface area contributed by atoms with Crippen LogP contribution in [0.5, 0.6) is 11.5 Å². The van der Waals surface area contributed by atoms with Gasteiger partial charge in [0.15, 0.2) is 17.5 Å². The molecule has 2 aromatic rings. The van der Waals surface area contributed by atoms with Crippen LogP contribution in [0, 0.1) is 6.92 Å². The van der Waals surface area contributed by atoms with Crippen molar-refractivity contribution in [1.82, 2.24) is 14.9 Å². The number of aromatic nitrogens is 2. The van der Waals surface area contributed by atoms with Gasteiger partial charge < -0.3 is 24.7 Å². The van der Waals surface area contributed by atoms with Crippen molar-refractivity contribution in [3.63, 3.8) is 0 Å². The summed E-state index contributed by atoms with van der Waals surface area (Å²) in [6, 6.07) is 5.78. The molecular weight excluding hydrogens is 342 g/mol. The van der Waals surface area contributed by atoms with Crippen molar-refractivity contribution in [3.05, 3.63) is 36.4 Å². The fourth-order valence-electron chi connectivity index (χ4n) is 2.69. The summed E-state index contributed by atoms with van der Waals surface area (Å²) in [5, 5.41) is 6.60. The number of ether oxygens (including phenoxy) is 2. The van der Waals surface area contributed by atoms with Crippen LogP contribution in [0.15, 0.2) is 35.6 Å². The SMILES string of the molecule is CCNC(=NCCCCn1ccnc1C)Nc1ccc(OCC)c(OC)c1. The second kappa shape index (κ2) is 11.1. The van der Waals surface area contributed by atoms with E-state index in [1.165, 1.54) is 0 Å². The molecule has 0 spiro atoms. The number of imidazole rings is 1. The first-order chi connectivity index (χ1) is 13.2. The van der Waals surface area contributed by atoms with Crippen molar-refractivity contribution in [1.29, 1.82) is 0 Å². The van der Waals surface area contributed by atoms with Crippen LogP contribution in [0.25, 0.3) is 0 Å². The van der Waals surface area contributed by atoms with Crippen molar-refractivity contribution < 1.29 is 9.47 Å². The molecule has 0 aliphatic heterocycles. The average Bonchev–Trinajstić information content (AvgIpc) is 3.07. The molecule has 0 bridgehead atoms. The number of nitrogens with one attached hydrogen (secondary N) is 2. The Morgan fingerprint density at radius 1 is 1.22 bits per heavy atom. The lowest BCUT2D eigenvalue weighted by molar-refractivity contribution is 0.311. The van der Waals surface area contributed by atoms with Crippen molar-refractivity contribution in [2.75, 3.05) is 32.1 Å². The molecule has 0 atom stereocenters. The van der Waals surface area contributed by atoms with Gasteiger partial charge in [-0.15, -0.1) is 0 Å². The summed E-state index contributed by atoms with van der Waals surface area (Å²) in [5.74, 6) is 3.26. The molecule has 0 unspecified atom stereocenters. The number of hydrogen-bond donors (Lipinski definition) is 2. The number of benzene rings is 1. The fraction of sp³-hybridized carbons (Fsp3) is 0.500. The maximum absolute atomic E-state index is 5.56. The maximum Gasteiger partial charge on any atom is 0.195 e. The first-order valence-electron chi connectivity index (χ1n) is 9.51. The molecule has 0 aliphatic carbocycles. The molecule has 0 fully saturated rings. The molecule has 2 rings (SSSR count). The quantitative estimate of drug-likeness (QED) is 0.379. The molecule has 7 heteroatoms. The molecule has 148 valence electrons. The largest absolute Gasteiger partial charge is 0.493 e. The van der Waals surface area contributed by atoms with Crippen molar-refractivity contribution >= 4 is 11.6 Å². The van der Waals surface area contributed by atoms with E-state index in [0.717, 1.165) is 55.7 Å². The molecule has 0 amide bonds. The molecule has 1 heterocycles. The van der Waals surface area contributed by atoms with E-state index in [1.807, 2.05) is 44.4 Å². The standard InChI is InChI=1S/C20H31N5O2/c1-5-21-20(23-11-7-8-13-25-14-12-22-16(25)3)24-17-9-10-18(27-6-2)19(15-17)26-4/h9-10,12,14-15H,5-8,11,13H2,1-4H3,(H2,21,23,24). The minimum absolute atomic E-state index is 0.603. The summed E-state index contributed by atoms with van der Waals surface area (Å²) in [6.07, 6.45) is 5.94. The first-order valence-corrected chi connectivity index (χ1v) is 9.51. The number of aliphatic imine (C=N–C) groups is 1. The molecule has 0 radical (unpaired) electrons. The highest BCUT2D eigenvalue weighted by Crippen LogP contribution is 2.30. The Labute approximate surface area is 161 Å². The van der Waals surface area contributed by atoms with Gasteiger partial charge in [-0.05, 0) is 45.7 Å². The summed E-state index contributed by atoms with van der Waals surface area (Å²) in [5.41, 5.74) is 0.907. The summed E-state index contributed by atoms with van der Waals surface area (Å²) in [4.78, 5) is 8.90. The number of rotatable bonds is 10. The van der Waals surface area contributed by atoms with Crippen LogP contribution in [-0.2, 0) is 6.54 Å². The average molecular weight is 374 g/mol. The van der Waals surface area contributed by atoms with Crippen LogP contribution in [0.4, 0.5) is 5.69 Å². The van der Waals surface area contributed by atoms with Crippen molar-refractivity contribution in [2.45, 2.75) is 40.2 Å². The zero-order chi connectivity index (χ0) is 19.5. The third kappa shape index (κ3) is 6.51. The van der Waals surface area contributed by atoms with E-state index < -0.39 is 0 Å². The summed E-state index contributed by atoms with van der Waals surface area (Å²) >= 11 is 0. The Kier molecular flexibility index (Phi) is 8.48. The second-order valence-electron chi connectivity index (χ2n) is 6.06. The van der Waals surface area contributed by atoms with Gasteiger partial charge in [-0.1, -0.05) is 0 Å². The third-order valence-corrected chi connectivity index (χ3v) is 4.07. The predicted molar refractivity (Wildman–Crippen MR) is 110 cm³/mol. The van der Waals surface area contributed by atoms with Crippen LogP contribution in [-0.4, -0.2) is 42.3 Å². The lowest BCUT2D eigenvalue weighted by Gasteiger charge is -2.14. The van der Waals surface area contributed by atoms with Crippen molar-refractivity contribution in [3.8, 4) is 11.5 Å². The molecular formula is C20H31N5O2. The topological polar surface area (TPSA) is 72.7 Å². The van der Waals surface area contributed by atoms with Gasteiger partial charge >= 0.3 is 0 Å². The highest BCUT2D eigenvalue weighted by molar-refractivity contribution is 5.93. The van der Waals surface area contributed by atoms with E-state index in [4.69, 9.17) is 9.47 Å². The molecule has 7 nitrogen and oxygen atoms in total. The van der Waals surface area contributed by atoms with Gasteiger partial charge in [0.05, 0.1) is 13.7 Å².